The van der Waals surface area contributed by atoms with E-state index in [1.807, 2.05) is 0 Å². The number of rotatable bonds is 6. The van der Waals surface area contributed by atoms with Crippen molar-refractivity contribution in [3.8, 4) is 0 Å². The SMILES string of the molecule is CCS(=O)(=O)CCNc1ncccc1C(=O)NC. The molecule has 0 aliphatic rings. The van der Waals surface area contributed by atoms with Crippen molar-refractivity contribution in [1.29, 1.82) is 0 Å². The molecule has 0 unspecified atom stereocenters. The van der Waals surface area contributed by atoms with Crippen LogP contribution >= 0.6 is 0 Å². The van der Waals surface area contributed by atoms with E-state index in [-0.39, 0.29) is 24.0 Å². The van der Waals surface area contributed by atoms with Crippen LogP contribution in [-0.4, -0.2) is 44.4 Å². The Balaban J connectivity index is 2.71. The van der Waals surface area contributed by atoms with Gasteiger partial charge in [0.25, 0.3) is 5.91 Å². The van der Waals surface area contributed by atoms with Crippen molar-refractivity contribution in [2.75, 3.05) is 30.4 Å². The van der Waals surface area contributed by atoms with E-state index in [2.05, 4.69) is 15.6 Å². The van der Waals surface area contributed by atoms with Crippen molar-refractivity contribution >= 4 is 21.6 Å². The second-order valence-corrected chi connectivity index (χ2v) is 6.11. The molecule has 0 saturated heterocycles. The molecule has 0 aromatic carbocycles. The van der Waals surface area contributed by atoms with Gasteiger partial charge in [-0.2, -0.15) is 0 Å². The topological polar surface area (TPSA) is 88.2 Å². The van der Waals surface area contributed by atoms with Crippen LogP contribution in [0, 0.1) is 0 Å². The number of aromatic nitrogens is 1. The van der Waals surface area contributed by atoms with Gasteiger partial charge in [-0.25, -0.2) is 13.4 Å². The van der Waals surface area contributed by atoms with E-state index >= 15 is 0 Å². The Kier molecular flexibility index (Phi) is 5.08. The van der Waals surface area contributed by atoms with Crippen molar-refractivity contribution in [2.24, 2.45) is 0 Å². The number of nitrogens with zero attached hydrogens (tertiary/aromatic N) is 1. The van der Waals surface area contributed by atoms with Crippen LogP contribution in [0.25, 0.3) is 0 Å². The summed E-state index contributed by atoms with van der Waals surface area (Å²) in [5.74, 6) is 0.263. The fourth-order valence-corrected chi connectivity index (χ4v) is 2.04. The Hall–Kier alpha value is -1.63. The van der Waals surface area contributed by atoms with Gasteiger partial charge in [0, 0.05) is 25.5 Å². The number of carbonyl (C=O) groups excluding carboxylic acids is 1. The average molecular weight is 271 g/mol. The Morgan fingerprint density at radius 1 is 1.44 bits per heavy atom. The molecule has 0 spiro atoms. The summed E-state index contributed by atoms with van der Waals surface area (Å²) >= 11 is 0. The lowest BCUT2D eigenvalue weighted by Crippen LogP contribution is -2.22. The van der Waals surface area contributed by atoms with Crippen LogP contribution < -0.4 is 10.6 Å². The van der Waals surface area contributed by atoms with Gasteiger partial charge in [0.15, 0.2) is 9.84 Å². The molecule has 1 aromatic heterocycles. The maximum absolute atomic E-state index is 11.5. The smallest absolute Gasteiger partial charge is 0.254 e. The van der Waals surface area contributed by atoms with Gasteiger partial charge in [-0.05, 0) is 12.1 Å². The summed E-state index contributed by atoms with van der Waals surface area (Å²) in [5, 5.41) is 5.37. The first-order valence-corrected chi connectivity index (χ1v) is 7.43. The van der Waals surface area contributed by atoms with Gasteiger partial charge in [0.1, 0.15) is 5.82 Å². The summed E-state index contributed by atoms with van der Waals surface area (Å²) in [4.78, 5) is 15.6. The highest BCUT2D eigenvalue weighted by Gasteiger charge is 2.11. The number of hydrogen-bond acceptors (Lipinski definition) is 5. The third-order valence-electron chi connectivity index (χ3n) is 2.42. The highest BCUT2D eigenvalue weighted by molar-refractivity contribution is 7.91. The highest BCUT2D eigenvalue weighted by Crippen LogP contribution is 2.10. The molecular weight excluding hydrogens is 254 g/mol. The zero-order valence-corrected chi connectivity index (χ0v) is 11.3. The largest absolute Gasteiger partial charge is 0.368 e. The van der Waals surface area contributed by atoms with Crippen molar-refractivity contribution in [1.82, 2.24) is 10.3 Å². The minimum atomic E-state index is -3.02. The molecule has 0 atom stereocenters. The second kappa shape index (κ2) is 6.34. The number of amides is 1. The van der Waals surface area contributed by atoms with Gasteiger partial charge >= 0.3 is 0 Å². The lowest BCUT2D eigenvalue weighted by Gasteiger charge is -2.09. The molecule has 18 heavy (non-hydrogen) atoms. The summed E-state index contributed by atoms with van der Waals surface area (Å²) in [6.07, 6.45) is 1.54. The summed E-state index contributed by atoms with van der Waals surface area (Å²) in [7, 11) is -1.49. The van der Waals surface area contributed by atoms with E-state index in [0.717, 1.165) is 0 Å². The van der Waals surface area contributed by atoms with Crippen molar-refractivity contribution in [3.63, 3.8) is 0 Å². The normalized spacial score (nSPS) is 11.0. The Labute approximate surface area is 107 Å². The predicted molar refractivity (Wildman–Crippen MR) is 70.4 cm³/mol. The van der Waals surface area contributed by atoms with Crippen LogP contribution in [-0.2, 0) is 9.84 Å². The lowest BCUT2D eigenvalue weighted by atomic mass is 10.2. The molecule has 6 nitrogen and oxygen atoms in total. The molecule has 1 heterocycles. The molecule has 0 radical (unpaired) electrons. The van der Waals surface area contributed by atoms with Crippen molar-refractivity contribution in [2.45, 2.75) is 6.92 Å². The third-order valence-corrected chi connectivity index (χ3v) is 4.13. The first-order chi connectivity index (χ1) is 8.50. The molecule has 0 bridgehead atoms. The minimum Gasteiger partial charge on any atom is -0.368 e. The molecule has 7 heteroatoms. The molecule has 1 amide bonds. The summed E-state index contributed by atoms with van der Waals surface area (Å²) < 4.78 is 22.6. The molecule has 0 aliphatic carbocycles. The predicted octanol–water partition coefficient (Wildman–Crippen LogP) is 0.288. The van der Waals surface area contributed by atoms with E-state index in [0.29, 0.717) is 11.4 Å². The minimum absolute atomic E-state index is 0.0211. The van der Waals surface area contributed by atoms with E-state index < -0.39 is 9.84 Å². The second-order valence-electron chi connectivity index (χ2n) is 3.64. The quantitative estimate of drug-likeness (QED) is 0.776. The Bertz CT molecular complexity index is 514. The number of carbonyl (C=O) groups is 1. The van der Waals surface area contributed by atoms with E-state index in [4.69, 9.17) is 0 Å². The number of nitrogens with one attached hydrogen (secondary N) is 2. The first-order valence-electron chi connectivity index (χ1n) is 5.61. The summed E-state index contributed by atoms with van der Waals surface area (Å²) in [6.45, 7) is 1.84. The van der Waals surface area contributed by atoms with Crippen LogP contribution in [0.15, 0.2) is 18.3 Å². The van der Waals surface area contributed by atoms with Gasteiger partial charge in [-0.3, -0.25) is 4.79 Å². The molecular formula is C11H17N3O3S. The molecule has 2 N–H and O–H groups in total. The number of hydrogen-bond donors (Lipinski definition) is 2. The molecule has 0 aliphatic heterocycles. The number of anilines is 1. The fourth-order valence-electron chi connectivity index (χ4n) is 1.33. The highest BCUT2D eigenvalue weighted by atomic mass is 32.2. The molecule has 1 aromatic rings. The van der Waals surface area contributed by atoms with E-state index in [1.165, 1.54) is 7.05 Å². The Morgan fingerprint density at radius 3 is 2.78 bits per heavy atom. The number of sulfone groups is 1. The van der Waals surface area contributed by atoms with Crippen molar-refractivity contribution in [3.05, 3.63) is 23.9 Å². The first kappa shape index (κ1) is 14.4. The number of pyridine rings is 1. The maximum atomic E-state index is 11.5. The van der Waals surface area contributed by atoms with Gasteiger partial charge in [-0.15, -0.1) is 0 Å². The monoisotopic (exact) mass is 271 g/mol. The van der Waals surface area contributed by atoms with Crippen LogP contribution in [0.4, 0.5) is 5.82 Å². The zero-order chi connectivity index (χ0) is 13.6. The molecule has 1 rings (SSSR count). The van der Waals surface area contributed by atoms with Gasteiger partial charge < -0.3 is 10.6 Å². The van der Waals surface area contributed by atoms with Crippen LogP contribution in [0.5, 0.6) is 0 Å². The van der Waals surface area contributed by atoms with E-state index in [1.54, 1.807) is 25.3 Å². The van der Waals surface area contributed by atoms with Crippen LogP contribution in [0.2, 0.25) is 0 Å². The average Bonchev–Trinajstić information content (AvgIpc) is 2.38. The van der Waals surface area contributed by atoms with Crippen LogP contribution in [0.3, 0.4) is 0 Å². The molecule has 0 saturated carbocycles. The van der Waals surface area contributed by atoms with E-state index in [9.17, 15) is 13.2 Å². The molecule has 0 fully saturated rings. The fraction of sp³-hybridized carbons (Fsp3) is 0.455. The third kappa shape index (κ3) is 3.99. The lowest BCUT2D eigenvalue weighted by molar-refractivity contribution is 0.0963. The van der Waals surface area contributed by atoms with Gasteiger partial charge in [0.2, 0.25) is 0 Å². The Morgan fingerprint density at radius 2 is 2.17 bits per heavy atom. The molecule has 100 valence electrons. The summed E-state index contributed by atoms with van der Waals surface area (Å²) in [5.41, 5.74) is 0.397. The maximum Gasteiger partial charge on any atom is 0.254 e. The van der Waals surface area contributed by atoms with Crippen molar-refractivity contribution < 1.29 is 13.2 Å². The van der Waals surface area contributed by atoms with Gasteiger partial charge in [-0.1, -0.05) is 6.92 Å². The summed E-state index contributed by atoms with van der Waals surface area (Å²) in [6, 6.07) is 3.28. The van der Waals surface area contributed by atoms with Crippen LogP contribution in [0.1, 0.15) is 17.3 Å². The van der Waals surface area contributed by atoms with Gasteiger partial charge in [0.05, 0.1) is 11.3 Å². The zero-order valence-electron chi connectivity index (χ0n) is 10.4. The standard InChI is InChI=1S/C11H17N3O3S/c1-3-18(16,17)8-7-14-10-9(11(15)12-2)5-4-6-13-10/h4-6H,3,7-8H2,1-2H3,(H,12,15)(H,13,14).